The highest BCUT2D eigenvalue weighted by atomic mass is 35.5. The van der Waals surface area contributed by atoms with Gasteiger partial charge in [-0.25, -0.2) is 13.4 Å². The van der Waals surface area contributed by atoms with Gasteiger partial charge in [-0.3, -0.25) is 4.79 Å². The van der Waals surface area contributed by atoms with Crippen LogP contribution in [0.25, 0.3) is 11.0 Å². The van der Waals surface area contributed by atoms with Gasteiger partial charge in [0.2, 0.25) is 0 Å². The highest BCUT2D eigenvalue weighted by Gasteiger charge is 2.32. The first kappa shape index (κ1) is 21.2. The molecule has 1 unspecified atom stereocenters. The summed E-state index contributed by atoms with van der Waals surface area (Å²) in [6, 6.07) is 7.12. The van der Waals surface area contributed by atoms with Gasteiger partial charge >= 0.3 is 5.97 Å². The molecule has 1 N–H and O–H groups in total. The summed E-state index contributed by atoms with van der Waals surface area (Å²) < 4.78 is 27.2. The van der Waals surface area contributed by atoms with Crippen LogP contribution in [0.3, 0.4) is 0 Å². The minimum Gasteiger partial charge on any atom is -0.481 e. The Balaban J connectivity index is 2.05. The normalized spacial score (nSPS) is 16.6. The van der Waals surface area contributed by atoms with Crippen LogP contribution < -0.4 is 0 Å². The molecule has 0 saturated carbocycles. The number of aromatic nitrogens is 2. The second-order valence-corrected chi connectivity index (χ2v) is 11.0. The lowest BCUT2D eigenvalue weighted by molar-refractivity contribution is -0.137. The molecule has 0 radical (unpaired) electrons. The van der Waals surface area contributed by atoms with Gasteiger partial charge in [0, 0.05) is 45.4 Å². The third kappa shape index (κ3) is 3.72. The Labute approximate surface area is 184 Å². The molecule has 0 fully saturated rings. The first-order valence-corrected chi connectivity index (χ1v) is 12.6. The lowest BCUT2D eigenvalue weighted by atomic mass is 9.93. The van der Waals surface area contributed by atoms with Crippen LogP contribution in [-0.4, -0.2) is 35.3 Å². The average Bonchev–Trinajstić information content (AvgIpc) is 2.99. The number of aliphatic carboxylic acids is 1. The smallest absolute Gasteiger partial charge is 0.304 e. The van der Waals surface area contributed by atoms with Gasteiger partial charge in [-0.05, 0) is 43.5 Å². The van der Waals surface area contributed by atoms with E-state index in [0.29, 0.717) is 22.6 Å². The van der Waals surface area contributed by atoms with Gasteiger partial charge in [0.25, 0.3) is 0 Å². The van der Waals surface area contributed by atoms with Crippen LogP contribution in [0.15, 0.2) is 45.1 Å². The van der Waals surface area contributed by atoms with E-state index in [1.54, 1.807) is 0 Å². The summed E-state index contributed by atoms with van der Waals surface area (Å²) in [5, 5.41) is 10.7. The molecule has 6 nitrogen and oxygen atoms in total. The van der Waals surface area contributed by atoms with Gasteiger partial charge in [0.15, 0.2) is 9.84 Å². The summed E-state index contributed by atoms with van der Waals surface area (Å²) in [5.74, 6) is -1.08. The molecule has 0 aliphatic carbocycles. The third-order valence-corrected chi connectivity index (χ3v) is 8.30. The molecule has 9 heteroatoms. The number of carbonyl (C=O) groups is 1. The first-order valence-electron chi connectivity index (χ1n) is 9.54. The van der Waals surface area contributed by atoms with E-state index >= 15 is 0 Å². The van der Waals surface area contributed by atoms with Gasteiger partial charge in [0.05, 0.1) is 16.7 Å². The number of nitrogens with zero attached hydrogens (tertiary/aromatic N) is 2. The number of fused-ring (bicyclic) bond motifs is 3. The summed E-state index contributed by atoms with van der Waals surface area (Å²) in [6.07, 6.45) is 4.24. The van der Waals surface area contributed by atoms with Crippen molar-refractivity contribution < 1.29 is 18.3 Å². The van der Waals surface area contributed by atoms with E-state index in [2.05, 4.69) is 4.98 Å². The predicted molar refractivity (Wildman–Crippen MR) is 117 cm³/mol. The Hall–Kier alpha value is -2.03. The molecule has 0 bridgehead atoms. The molecule has 158 valence electrons. The SMILES string of the molecule is Cc1c(Cl)cccc1Sc1c2n(c3nccc(S(C)(=O)=O)c13)CCCC2CC(=O)O. The van der Waals surface area contributed by atoms with E-state index in [9.17, 15) is 18.3 Å². The van der Waals surface area contributed by atoms with Crippen molar-refractivity contribution in [1.82, 2.24) is 9.55 Å². The zero-order chi connectivity index (χ0) is 21.6. The number of hydrogen-bond acceptors (Lipinski definition) is 5. The maximum Gasteiger partial charge on any atom is 0.304 e. The molecule has 2 aromatic heterocycles. The Morgan fingerprint density at radius 2 is 2.13 bits per heavy atom. The molecule has 1 aliphatic heterocycles. The zero-order valence-corrected chi connectivity index (χ0v) is 18.9. The Morgan fingerprint density at radius 1 is 1.37 bits per heavy atom. The Morgan fingerprint density at radius 3 is 2.83 bits per heavy atom. The number of carboxylic acids is 1. The number of sulfone groups is 1. The molecule has 0 spiro atoms. The highest BCUT2D eigenvalue weighted by molar-refractivity contribution is 7.99. The number of halogens is 1. The molecule has 30 heavy (non-hydrogen) atoms. The van der Waals surface area contributed by atoms with Crippen molar-refractivity contribution in [3.63, 3.8) is 0 Å². The summed E-state index contributed by atoms with van der Waals surface area (Å²) in [6.45, 7) is 2.59. The van der Waals surface area contributed by atoms with Crippen LogP contribution in [0, 0.1) is 6.92 Å². The Kier molecular flexibility index (Phi) is 5.59. The fourth-order valence-electron chi connectivity index (χ4n) is 4.11. The summed E-state index contributed by atoms with van der Waals surface area (Å²) in [5.41, 5.74) is 2.34. The first-order chi connectivity index (χ1) is 14.2. The van der Waals surface area contributed by atoms with E-state index in [1.165, 1.54) is 30.3 Å². The van der Waals surface area contributed by atoms with E-state index in [0.717, 1.165) is 33.9 Å². The van der Waals surface area contributed by atoms with Crippen LogP contribution in [0.5, 0.6) is 0 Å². The predicted octanol–water partition coefficient (Wildman–Crippen LogP) is 4.90. The number of carboxylic acid groups (broad SMARTS) is 1. The van der Waals surface area contributed by atoms with Gasteiger partial charge < -0.3 is 9.67 Å². The van der Waals surface area contributed by atoms with Gasteiger partial charge in [-0.15, -0.1) is 0 Å². The molecule has 3 aromatic rings. The fraction of sp³-hybridized carbons (Fsp3) is 0.333. The summed E-state index contributed by atoms with van der Waals surface area (Å²) in [7, 11) is -3.51. The molecule has 0 amide bonds. The fourth-order valence-corrected chi connectivity index (χ4v) is 6.59. The van der Waals surface area contributed by atoms with E-state index in [4.69, 9.17) is 11.6 Å². The van der Waals surface area contributed by atoms with Gasteiger partial charge in [-0.2, -0.15) is 0 Å². The number of benzene rings is 1. The molecule has 0 saturated heterocycles. The molecule has 3 heterocycles. The number of aryl methyl sites for hydroxylation is 1. The van der Waals surface area contributed by atoms with Crippen molar-refractivity contribution in [2.24, 2.45) is 0 Å². The van der Waals surface area contributed by atoms with Crippen molar-refractivity contribution in [1.29, 1.82) is 0 Å². The number of rotatable bonds is 5. The van der Waals surface area contributed by atoms with Gasteiger partial charge in [-0.1, -0.05) is 29.4 Å². The van der Waals surface area contributed by atoms with E-state index in [-0.39, 0.29) is 17.2 Å². The number of hydrogen-bond donors (Lipinski definition) is 1. The molecule has 1 atom stereocenters. The minimum absolute atomic E-state index is 0.00732. The molecular weight excluding hydrogens is 444 g/mol. The minimum atomic E-state index is -3.51. The largest absolute Gasteiger partial charge is 0.481 e. The maximum absolute atomic E-state index is 12.6. The Bertz CT molecular complexity index is 1270. The molecule has 1 aliphatic rings. The summed E-state index contributed by atoms with van der Waals surface area (Å²) in [4.78, 5) is 17.9. The van der Waals surface area contributed by atoms with Crippen LogP contribution in [0.4, 0.5) is 0 Å². The highest BCUT2D eigenvalue weighted by Crippen LogP contribution is 2.47. The van der Waals surface area contributed by atoms with Crippen LogP contribution in [0.1, 0.15) is 36.4 Å². The second kappa shape index (κ2) is 7.90. The van der Waals surface area contributed by atoms with E-state index < -0.39 is 15.8 Å². The average molecular weight is 465 g/mol. The lowest BCUT2D eigenvalue weighted by Gasteiger charge is -2.25. The lowest BCUT2D eigenvalue weighted by Crippen LogP contribution is -2.18. The second-order valence-electron chi connectivity index (χ2n) is 7.55. The third-order valence-electron chi connectivity index (χ3n) is 5.47. The van der Waals surface area contributed by atoms with Crippen LogP contribution >= 0.6 is 23.4 Å². The number of pyridine rings is 1. The summed E-state index contributed by atoms with van der Waals surface area (Å²) >= 11 is 7.75. The molecular formula is C21H21ClN2O4S2. The van der Waals surface area contributed by atoms with Crippen molar-refractivity contribution in [2.45, 2.75) is 53.3 Å². The topological polar surface area (TPSA) is 89.3 Å². The quantitative estimate of drug-likeness (QED) is 0.577. The molecule has 1 aromatic carbocycles. The van der Waals surface area contributed by atoms with Crippen LogP contribution in [-0.2, 0) is 21.2 Å². The van der Waals surface area contributed by atoms with Crippen molar-refractivity contribution in [2.75, 3.05) is 6.26 Å². The maximum atomic E-state index is 12.6. The van der Waals surface area contributed by atoms with Crippen molar-refractivity contribution >= 4 is 50.2 Å². The van der Waals surface area contributed by atoms with Gasteiger partial charge in [0.1, 0.15) is 5.65 Å². The molecule has 4 rings (SSSR count). The van der Waals surface area contributed by atoms with Crippen LogP contribution in [0.2, 0.25) is 5.02 Å². The van der Waals surface area contributed by atoms with Crippen molar-refractivity contribution in [3.8, 4) is 0 Å². The monoisotopic (exact) mass is 464 g/mol. The standard InChI is InChI=1S/C21H21ClN2O4S2/c1-12-14(22)6-3-7-15(12)29-20-18-16(30(2,27)28)8-9-23-21(18)24-10-4-5-13(19(20)24)11-17(25)26/h3,6-9,13H,4-5,10-11H2,1-2H3,(H,25,26). The van der Waals surface area contributed by atoms with Crippen molar-refractivity contribution in [3.05, 3.63) is 46.7 Å². The zero-order valence-electron chi connectivity index (χ0n) is 16.6. The van der Waals surface area contributed by atoms with E-state index in [1.807, 2.05) is 29.7 Å².